The Morgan fingerprint density at radius 3 is 2.31 bits per heavy atom. The molecular formula is C26H30. The zero-order valence-corrected chi connectivity index (χ0v) is 16.4. The fraction of sp³-hybridized carbons (Fsp3) is 0.308. The van der Waals surface area contributed by atoms with E-state index < -0.39 is 0 Å². The van der Waals surface area contributed by atoms with Gasteiger partial charge in [0.15, 0.2) is 0 Å². The number of hydrogen-bond donors (Lipinski definition) is 0. The van der Waals surface area contributed by atoms with Gasteiger partial charge in [-0.15, -0.1) is 0 Å². The summed E-state index contributed by atoms with van der Waals surface area (Å²) < 4.78 is 0. The molecule has 0 spiro atoms. The highest BCUT2D eigenvalue weighted by atomic mass is 14.2. The molecule has 0 atom stereocenters. The molecule has 0 saturated heterocycles. The van der Waals surface area contributed by atoms with Crippen molar-refractivity contribution in [3.63, 3.8) is 0 Å². The molecule has 0 aromatic heterocycles. The lowest BCUT2D eigenvalue weighted by Crippen LogP contribution is -2.13. The van der Waals surface area contributed by atoms with E-state index in [0.29, 0.717) is 0 Å². The number of benzene rings is 2. The highest BCUT2D eigenvalue weighted by Gasteiger charge is 2.17. The van der Waals surface area contributed by atoms with Gasteiger partial charge in [-0.25, -0.2) is 0 Å². The fourth-order valence-electron chi connectivity index (χ4n) is 3.83. The molecule has 134 valence electrons. The van der Waals surface area contributed by atoms with Crippen LogP contribution in [0.15, 0.2) is 72.8 Å². The van der Waals surface area contributed by atoms with Gasteiger partial charge < -0.3 is 0 Å². The van der Waals surface area contributed by atoms with Crippen LogP contribution in [0.4, 0.5) is 0 Å². The summed E-state index contributed by atoms with van der Waals surface area (Å²) in [7, 11) is 0. The first-order valence-corrected chi connectivity index (χ1v) is 9.78. The largest absolute Gasteiger partial charge is 0.0984 e. The Kier molecular flexibility index (Phi) is 5.93. The predicted molar refractivity (Wildman–Crippen MR) is 115 cm³/mol. The second kappa shape index (κ2) is 8.36. The van der Waals surface area contributed by atoms with Gasteiger partial charge in [0.1, 0.15) is 0 Å². The minimum atomic E-state index is 0.923. The molecular weight excluding hydrogens is 312 g/mol. The SMILES string of the molecule is C=C/C(=C(C)\C=C/C)c1ccc(-c2ccc(CC3CCC3)cc2)cc1C. The highest BCUT2D eigenvalue weighted by molar-refractivity contribution is 5.81. The molecule has 1 fully saturated rings. The number of hydrogen-bond acceptors (Lipinski definition) is 0. The molecule has 2 aromatic carbocycles. The standard InChI is InChI=1S/C26H30/c1-5-8-19(3)25(6-2)26-16-15-24(17-20(26)4)23-13-11-22(12-14-23)18-21-9-7-10-21/h5-6,8,11-17,21H,2,7,9-10,18H2,1,3-4H3/b8-5-,25-19+. The van der Waals surface area contributed by atoms with Gasteiger partial charge in [-0.3, -0.25) is 0 Å². The Balaban J connectivity index is 1.84. The van der Waals surface area contributed by atoms with Crippen LogP contribution in [0.5, 0.6) is 0 Å². The van der Waals surface area contributed by atoms with Gasteiger partial charge in [0.25, 0.3) is 0 Å². The Morgan fingerprint density at radius 1 is 1.08 bits per heavy atom. The molecule has 3 rings (SSSR count). The summed E-state index contributed by atoms with van der Waals surface area (Å²) in [5.41, 5.74) is 9.08. The third-order valence-corrected chi connectivity index (χ3v) is 5.60. The molecule has 1 aliphatic rings. The first-order valence-electron chi connectivity index (χ1n) is 9.78. The fourth-order valence-corrected chi connectivity index (χ4v) is 3.83. The van der Waals surface area contributed by atoms with Crippen molar-refractivity contribution in [2.45, 2.75) is 46.5 Å². The zero-order valence-electron chi connectivity index (χ0n) is 16.4. The molecule has 0 unspecified atom stereocenters. The van der Waals surface area contributed by atoms with Gasteiger partial charge in [0.2, 0.25) is 0 Å². The molecule has 0 N–H and O–H groups in total. The third-order valence-electron chi connectivity index (χ3n) is 5.60. The maximum absolute atomic E-state index is 4.02. The second-order valence-corrected chi connectivity index (χ2v) is 7.53. The summed E-state index contributed by atoms with van der Waals surface area (Å²) >= 11 is 0. The Bertz CT molecular complexity index is 827. The van der Waals surface area contributed by atoms with E-state index in [1.54, 1.807) is 0 Å². The van der Waals surface area contributed by atoms with Crippen molar-refractivity contribution in [2.24, 2.45) is 5.92 Å². The zero-order chi connectivity index (χ0) is 18.5. The molecule has 0 aliphatic heterocycles. The Hall–Kier alpha value is -2.34. The molecule has 1 aliphatic carbocycles. The van der Waals surface area contributed by atoms with E-state index >= 15 is 0 Å². The van der Waals surface area contributed by atoms with Crippen LogP contribution < -0.4 is 0 Å². The van der Waals surface area contributed by atoms with Crippen LogP contribution in [0.3, 0.4) is 0 Å². The van der Waals surface area contributed by atoms with E-state index in [9.17, 15) is 0 Å². The van der Waals surface area contributed by atoms with Crippen molar-refractivity contribution in [3.8, 4) is 11.1 Å². The minimum Gasteiger partial charge on any atom is -0.0984 e. The molecule has 0 heterocycles. The van der Waals surface area contributed by atoms with Gasteiger partial charge in [-0.05, 0) is 72.1 Å². The highest BCUT2D eigenvalue weighted by Crippen LogP contribution is 2.31. The van der Waals surface area contributed by atoms with Gasteiger partial charge in [0.05, 0.1) is 0 Å². The molecule has 0 amide bonds. The Morgan fingerprint density at radius 2 is 1.77 bits per heavy atom. The van der Waals surface area contributed by atoms with Gasteiger partial charge in [-0.1, -0.05) is 86.5 Å². The first kappa shape index (κ1) is 18.5. The third kappa shape index (κ3) is 4.07. The van der Waals surface area contributed by atoms with Crippen LogP contribution in [-0.4, -0.2) is 0 Å². The van der Waals surface area contributed by atoms with Gasteiger partial charge >= 0.3 is 0 Å². The normalized spacial score (nSPS) is 15.7. The Labute approximate surface area is 159 Å². The minimum absolute atomic E-state index is 0.923. The van der Waals surface area contributed by atoms with Crippen molar-refractivity contribution >= 4 is 5.57 Å². The van der Waals surface area contributed by atoms with Gasteiger partial charge in [0, 0.05) is 0 Å². The quantitative estimate of drug-likeness (QED) is 0.476. The van der Waals surface area contributed by atoms with Crippen molar-refractivity contribution in [2.75, 3.05) is 0 Å². The van der Waals surface area contributed by atoms with Crippen LogP contribution in [0.25, 0.3) is 16.7 Å². The van der Waals surface area contributed by atoms with E-state index in [0.717, 1.165) is 5.92 Å². The van der Waals surface area contributed by atoms with E-state index in [2.05, 4.69) is 82.0 Å². The lowest BCUT2D eigenvalue weighted by atomic mass is 9.81. The summed E-state index contributed by atoms with van der Waals surface area (Å²) in [6, 6.07) is 15.9. The second-order valence-electron chi connectivity index (χ2n) is 7.53. The molecule has 0 radical (unpaired) electrons. The van der Waals surface area contributed by atoms with Crippen molar-refractivity contribution in [1.29, 1.82) is 0 Å². The van der Waals surface area contributed by atoms with Crippen molar-refractivity contribution in [1.82, 2.24) is 0 Å². The van der Waals surface area contributed by atoms with E-state index in [1.807, 2.05) is 6.08 Å². The molecule has 2 aromatic rings. The summed E-state index contributed by atoms with van der Waals surface area (Å²) in [6.07, 6.45) is 11.7. The summed E-state index contributed by atoms with van der Waals surface area (Å²) in [5.74, 6) is 0.923. The summed E-state index contributed by atoms with van der Waals surface area (Å²) in [4.78, 5) is 0. The van der Waals surface area contributed by atoms with E-state index in [1.165, 1.54) is 64.6 Å². The average Bonchev–Trinajstić information content (AvgIpc) is 2.61. The van der Waals surface area contributed by atoms with Gasteiger partial charge in [-0.2, -0.15) is 0 Å². The average molecular weight is 343 g/mol. The van der Waals surface area contributed by atoms with Crippen LogP contribution >= 0.6 is 0 Å². The topological polar surface area (TPSA) is 0 Å². The molecule has 1 saturated carbocycles. The maximum atomic E-state index is 4.02. The number of allylic oxidation sites excluding steroid dienone is 5. The molecule has 0 nitrogen and oxygen atoms in total. The number of aryl methyl sites for hydroxylation is 1. The van der Waals surface area contributed by atoms with Crippen LogP contribution in [-0.2, 0) is 6.42 Å². The smallest absolute Gasteiger partial charge is 0.0152 e. The molecule has 26 heavy (non-hydrogen) atoms. The van der Waals surface area contributed by atoms with Crippen molar-refractivity contribution in [3.05, 3.63) is 89.5 Å². The first-order chi connectivity index (χ1) is 12.6. The summed E-state index contributed by atoms with van der Waals surface area (Å²) in [6.45, 7) is 10.4. The molecule has 0 heteroatoms. The van der Waals surface area contributed by atoms with E-state index in [-0.39, 0.29) is 0 Å². The van der Waals surface area contributed by atoms with Crippen LogP contribution in [0.1, 0.15) is 49.8 Å². The molecule has 0 bridgehead atoms. The van der Waals surface area contributed by atoms with E-state index in [4.69, 9.17) is 0 Å². The lowest BCUT2D eigenvalue weighted by molar-refractivity contribution is 0.314. The predicted octanol–water partition coefficient (Wildman–Crippen LogP) is 7.54. The summed E-state index contributed by atoms with van der Waals surface area (Å²) in [5, 5.41) is 0. The number of rotatable bonds is 6. The lowest BCUT2D eigenvalue weighted by Gasteiger charge is -2.25. The van der Waals surface area contributed by atoms with Crippen LogP contribution in [0, 0.1) is 12.8 Å². The monoisotopic (exact) mass is 342 g/mol. The van der Waals surface area contributed by atoms with Crippen LogP contribution in [0.2, 0.25) is 0 Å². The van der Waals surface area contributed by atoms with Crippen molar-refractivity contribution < 1.29 is 0 Å². The maximum Gasteiger partial charge on any atom is -0.0152 e.